The minimum absolute atomic E-state index is 0.125. The largest absolute Gasteiger partial charge is 0.310 e. The van der Waals surface area contributed by atoms with Crippen LogP contribution in [0.1, 0.15) is 29.7 Å². The molecule has 0 saturated heterocycles. The number of halogens is 3. The molecule has 21 heavy (non-hydrogen) atoms. The molecule has 0 radical (unpaired) electrons. The van der Waals surface area contributed by atoms with E-state index in [2.05, 4.69) is 21.2 Å². The highest BCUT2D eigenvalue weighted by atomic mass is 79.9. The number of likely N-dealkylation sites (N-methyl/N-ethyl adjacent to an activating group) is 1. The van der Waals surface area contributed by atoms with Crippen LogP contribution in [-0.4, -0.2) is 6.54 Å². The van der Waals surface area contributed by atoms with E-state index in [-0.39, 0.29) is 11.6 Å². The van der Waals surface area contributed by atoms with E-state index in [1.54, 1.807) is 6.92 Å². The van der Waals surface area contributed by atoms with Crippen molar-refractivity contribution in [1.29, 1.82) is 0 Å². The minimum atomic E-state index is -0.499. The summed E-state index contributed by atoms with van der Waals surface area (Å²) in [5, 5.41) is 3.18. The average Bonchev–Trinajstić information content (AvgIpc) is 2.46. The van der Waals surface area contributed by atoms with E-state index in [0.29, 0.717) is 18.5 Å². The minimum Gasteiger partial charge on any atom is -0.310 e. The van der Waals surface area contributed by atoms with Crippen molar-refractivity contribution in [2.24, 2.45) is 0 Å². The Hall–Kier alpha value is -1.26. The molecule has 0 heterocycles. The van der Waals surface area contributed by atoms with E-state index in [9.17, 15) is 8.78 Å². The van der Waals surface area contributed by atoms with Gasteiger partial charge >= 0.3 is 0 Å². The van der Waals surface area contributed by atoms with E-state index in [0.717, 1.165) is 10.0 Å². The van der Waals surface area contributed by atoms with Crippen molar-refractivity contribution in [3.8, 4) is 0 Å². The Labute approximate surface area is 132 Å². The van der Waals surface area contributed by atoms with Gasteiger partial charge in [-0.2, -0.15) is 0 Å². The molecule has 0 spiro atoms. The molecular weight excluding hydrogens is 336 g/mol. The molecule has 0 aliphatic heterocycles. The number of nitrogens with one attached hydrogen (secondary N) is 1. The van der Waals surface area contributed by atoms with Crippen molar-refractivity contribution in [2.75, 3.05) is 6.54 Å². The number of rotatable bonds is 5. The molecule has 2 rings (SSSR count). The van der Waals surface area contributed by atoms with Crippen molar-refractivity contribution in [3.63, 3.8) is 0 Å². The second-order valence-corrected chi connectivity index (χ2v) is 5.95. The molecule has 0 saturated carbocycles. The van der Waals surface area contributed by atoms with Crippen LogP contribution in [0.5, 0.6) is 0 Å². The molecule has 112 valence electrons. The number of aryl methyl sites for hydroxylation is 1. The number of hydrogen-bond donors (Lipinski definition) is 1. The Bertz CT molecular complexity index is 611. The predicted octanol–water partition coefficient (Wildman–Crippen LogP) is 4.93. The van der Waals surface area contributed by atoms with Crippen LogP contribution in [0.4, 0.5) is 8.78 Å². The highest BCUT2D eigenvalue weighted by Crippen LogP contribution is 2.26. The Morgan fingerprint density at radius 1 is 1.10 bits per heavy atom. The molecule has 0 bridgehead atoms. The number of benzene rings is 2. The van der Waals surface area contributed by atoms with E-state index < -0.39 is 11.6 Å². The standard InChI is InChI=1S/C17H18BrF2N/c1-3-21-15(10-12-5-7-13(18)8-6-12)16-14(19)9-4-11(2)17(16)20/h4-9,15,21H,3,10H2,1-2H3. The van der Waals surface area contributed by atoms with Gasteiger partial charge in [-0.05, 0) is 49.2 Å². The molecule has 1 atom stereocenters. The van der Waals surface area contributed by atoms with Gasteiger partial charge in [0.2, 0.25) is 0 Å². The summed E-state index contributed by atoms with van der Waals surface area (Å²) in [4.78, 5) is 0. The fourth-order valence-corrected chi connectivity index (χ4v) is 2.64. The van der Waals surface area contributed by atoms with Crippen LogP contribution in [0.15, 0.2) is 40.9 Å². The van der Waals surface area contributed by atoms with Crippen LogP contribution in [0, 0.1) is 18.6 Å². The first kappa shape index (κ1) is 16.1. The van der Waals surface area contributed by atoms with Gasteiger partial charge in [0.1, 0.15) is 11.6 Å². The smallest absolute Gasteiger partial charge is 0.133 e. The van der Waals surface area contributed by atoms with Gasteiger partial charge in [0, 0.05) is 16.1 Å². The second-order valence-electron chi connectivity index (χ2n) is 5.03. The maximum Gasteiger partial charge on any atom is 0.133 e. The van der Waals surface area contributed by atoms with Crippen molar-refractivity contribution in [2.45, 2.75) is 26.3 Å². The molecule has 0 aliphatic carbocycles. The first-order valence-corrected chi connectivity index (χ1v) is 7.74. The van der Waals surface area contributed by atoms with Crippen LogP contribution in [0.25, 0.3) is 0 Å². The summed E-state index contributed by atoms with van der Waals surface area (Å²) in [7, 11) is 0. The Morgan fingerprint density at radius 3 is 2.38 bits per heavy atom. The lowest BCUT2D eigenvalue weighted by atomic mass is 9.96. The molecule has 2 aromatic rings. The van der Waals surface area contributed by atoms with Crippen molar-refractivity contribution in [3.05, 3.63) is 69.2 Å². The number of hydrogen-bond acceptors (Lipinski definition) is 1. The maximum atomic E-state index is 14.3. The summed E-state index contributed by atoms with van der Waals surface area (Å²) >= 11 is 3.38. The molecule has 2 aromatic carbocycles. The second kappa shape index (κ2) is 7.14. The fraction of sp³-hybridized carbons (Fsp3) is 0.294. The Kier molecular flexibility index (Phi) is 5.48. The van der Waals surface area contributed by atoms with Crippen LogP contribution in [-0.2, 0) is 6.42 Å². The molecule has 4 heteroatoms. The van der Waals surface area contributed by atoms with Gasteiger partial charge in [0.25, 0.3) is 0 Å². The van der Waals surface area contributed by atoms with Crippen molar-refractivity contribution < 1.29 is 8.78 Å². The summed E-state index contributed by atoms with van der Waals surface area (Å²) in [5.41, 5.74) is 1.62. The summed E-state index contributed by atoms with van der Waals surface area (Å²) < 4.78 is 29.4. The van der Waals surface area contributed by atoms with Gasteiger partial charge in [-0.15, -0.1) is 0 Å². The fourth-order valence-electron chi connectivity index (χ4n) is 2.38. The quantitative estimate of drug-likeness (QED) is 0.803. The third-order valence-corrected chi connectivity index (χ3v) is 4.00. The third-order valence-electron chi connectivity index (χ3n) is 3.47. The topological polar surface area (TPSA) is 12.0 Å². The van der Waals surface area contributed by atoms with Gasteiger partial charge in [0.05, 0.1) is 0 Å². The molecular formula is C17H18BrF2N. The lowest BCUT2D eigenvalue weighted by Gasteiger charge is -2.20. The van der Waals surface area contributed by atoms with Crippen LogP contribution < -0.4 is 5.32 Å². The monoisotopic (exact) mass is 353 g/mol. The first-order valence-electron chi connectivity index (χ1n) is 6.95. The van der Waals surface area contributed by atoms with E-state index in [4.69, 9.17) is 0 Å². The molecule has 0 aliphatic rings. The molecule has 1 unspecified atom stereocenters. The van der Waals surface area contributed by atoms with Gasteiger partial charge in [-0.1, -0.05) is 41.1 Å². The summed E-state index contributed by atoms with van der Waals surface area (Å²) in [5.74, 6) is -0.959. The van der Waals surface area contributed by atoms with Gasteiger partial charge in [-0.3, -0.25) is 0 Å². The summed E-state index contributed by atoms with van der Waals surface area (Å²) in [6.45, 7) is 4.23. The highest BCUT2D eigenvalue weighted by molar-refractivity contribution is 9.10. The van der Waals surface area contributed by atoms with E-state index >= 15 is 0 Å². The summed E-state index contributed by atoms with van der Waals surface area (Å²) in [6, 6.07) is 10.2. The molecule has 0 fully saturated rings. The zero-order chi connectivity index (χ0) is 15.4. The van der Waals surface area contributed by atoms with Crippen LogP contribution in [0.2, 0.25) is 0 Å². The molecule has 1 nitrogen and oxygen atoms in total. The first-order chi connectivity index (χ1) is 10.0. The maximum absolute atomic E-state index is 14.3. The van der Waals surface area contributed by atoms with Crippen LogP contribution in [0.3, 0.4) is 0 Å². The lowest BCUT2D eigenvalue weighted by Crippen LogP contribution is -2.25. The third kappa shape index (κ3) is 3.89. The molecule has 1 N–H and O–H groups in total. The SMILES string of the molecule is CCNC(Cc1ccc(Br)cc1)c1c(F)ccc(C)c1F. The molecule has 0 amide bonds. The van der Waals surface area contributed by atoms with Gasteiger partial charge in [-0.25, -0.2) is 8.78 Å². The Morgan fingerprint density at radius 2 is 1.76 bits per heavy atom. The Balaban J connectivity index is 2.35. The molecule has 0 aromatic heterocycles. The van der Waals surface area contributed by atoms with Crippen LogP contribution >= 0.6 is 15.9 Å². The average molecular weight is 354 g/mol. The van der Waals surface area contributed by atoms with E-state index in [1.807, 2.05) is 31.2 Å². The lowest BCUT2D eigenvalue weighted by molar-refractivity contribution is 0.470. The normalized spacial score (nSPS) is 12.4. The predicted molar refractivity (Wildman–Crippen MR) is 85.4 cm³/mol. The van der Waals surface area contributed by atoms with Crippen molar-refractivity contribution >= 4 is 15.9 Å². The van der Waals surface area contributed by atoms with E-state index in [1.165, 1.54) is 12.1 Å². The zero-order valence-electron chi connectivity index (χ0n) is 12.1. The van der Waals surface area contributed by atoms with Gasteiger partial charge in [0.15, 0.2) is 0 Å². The zero-order valence-corrected chi connectivity index (χ0v) is 13.7. The van der Waals surface area contributed by atoms with Gasteiger partial charge < -0.3 is 5.32 Å². The summed E-state index contributed by atoms with van der Waals surface area (Å²) in [6.07, 6.45) is 0.540. The van der Waals surface area contributed by atoms with Crippen molar-refractivity contribution in [1.82, 2.24) is 5.32 Å². The highest BCUT2D eigenvalue weighted by Gasteiger charge is 2.21.